The van der Waals surface area contributed by atoms with E-state index in [0.717, 1.165) is 5.56 Å². The molecule has 19 heavy (non-hydrogen) atoms. The topological polar surface area (TPSA) is 18.8 Å². The second-order valence-corrected chi connectivity index (χ2v) is 6.41. The molecule has 1 aliphatic rings. The first-order valence-electron chi connectivity index (χ1n) is 6.15. The fourth-order valence-corrected chi connectivity index (χ4v) is 2.09. The second kappa shape index (κ2) is 5.61. The average molecular weight is 320 g/mol. The molecule has 1 unspecified atom stereocenters. The summed E-state index contributed by atoms with van der Waals surface area (Å²) in [5.74, 6) is 0. The third-order valence-electron chi connectivity index (χ3n) is 2.93. The van der Waals surface area contributed by atoms with Crippen LogP contribution in [0.3, 0.4) is 0 Å². The van der Waals surface area contributed by atoms with Crippen LogP contribution < -0.4 is 4.90 Å². The maximum atomic E-state index is 4.49. The first kappa shape index (κ1) is 13.9. The molecule has 0 aromatic heterocycles. The Kier molecular flexibility index (Phi) is 4.10. The number of hydrogen-bond acceptors (Lipinski definition) is 3. The Balaban J connectivity index is 2.10. The lowest BCUT2D eigenvalue weighted by Crippen LogP contribution is -2.32. The molecule has 0 amide bonds. The first-order valence-corrected chi connectivity index (χ1v) is 6.94. The summed E-state index contributed by atoms with van der Waals surface area (Å²) < 4.78 is -0.262. The van der Waals surface area contributed by atoms with Crippen molar-refractivity contribution in [3.05, 3.63) is 54.3 Å². The Bertz CT molecular complexity index is 513. The third-order valence-corrected chi connectivity index (χ3v) is 3.56. The summed E-state index contributed by atoms with van der Waals surface area (Å²) in [4.78, 5) is 2.08. The minimum atomic E-state index is -0.262. The highest BCUT2D eigenvalue weighted by Gasteiger charge is 2.24. The van der Waals surface area contributed by atoms with Crippen LogP contribution in [-0.2, 0) is 0 Å². The van der Waals surface area contributed by atoms with Crippen molar-refractivity contribution in [3.63, 3.8) is 0 Å². The third kappa shape index (κ3) is 3.47. The van der Waals surface area contributed by atoms with E-state index < -0.39 is 0 Å². The van der Waals surface area contributed by atoms with Gasteiger partial charge in [-0.3, -0.25) is 5.01 Å². The van der Waals surface area contributed by atoms with Crippen molar-refractivity contribution in [2.45, 2.75) is 11.4 Å². The Morgan fingerprint density at radius 3 is 2.47 bits per heavy atom. The lowest BCUT2D eigenvalue weighted by atomic mass is 10.2. The molecule has 1 atom stereocenters. The van der Waals surface area contributed by atoms with Gasteiger partial charge in [0.2, 0.25) is 0 Å². The Morgan fingerprint density at radius 1 is 1.21 bits per heavy atom. The molecule has 0 spiro atoms. The average Bonchev–Trinajstić information content (AvgIpc) is 2.37. The summed E-state index contributed by atoms with van der Waals surface area (Å²) in [5, 5.41) is 6.37. The normalized spacial score (nSPS) is 22.2. The molecule has 0 fully saturated rings. The molecule has 100 valence electrons. The summed E-state index contributed by atoms with van der Waals surface area (Å²) in [7, 11) is 4.06. The van der Waals surface area contributed by atoms with E-state index in [9.17, 15) is 0 Å². The standard InChI is InChI=1S/C15H18BrN3/c1-15(16)10-4-5-11-19(15)17-12-13-6-8-14(9-7-13)18(2)3/h4-12H,1-3H3. The number of anilines is 1. The van der Waals surface area contributed by atoms with Crippen LogP contribution in [0, 0.1) is 0 Å². The number of rotatable bonds is 3. The number of halogens is 1. The Hall–Kier alpha value is -1.55. The maximum absolute atomic E-state index is 4.49. The van der Waals surface area contributed by atoms with Crippen LogP contribution in [0.25, 0.3) is 0 Å². The summed E-state index contributed by atoms with van der Waals surface area (Å²) in [5.41, 5.74) is 2.26. The fraction of sp³-hybridized carbons (Fsp3) is 0.267. The monoisotopic (exact) mass is 319 g/mol. The zero-order chi connectivity index (χ0) is 13.9. The fourth-order valence-electron chi connectivity index (χ4n) is 1.72. The number of nitrogens with zero attached hydrogens (tertiary/aromatic N) is 3. The molecular weight excluding hydrogens is 302 g/mol. The zero-order valence-corrected chi connectivity index (χ0v) is 13.0. The first-order chi connectivity index (χ1) is 8.99. The van der Waals surface area contributed by atoms with Crippen LogP contribution in [0.2, 0.25) is 0 Å². The summed E-state index contributed by atoms with van der Waals surface area (Å²) in [6.07, 6.45) is 9.84. The minimum Gasteiger partial charge on any atom is -0.378 e. The molecule has 1 aliphatic heterocycles. The van der Waals surface area contributed by atoms with Gasteiger partial charge in [0.05, 0.1) is 6.21 Å². The van der Waals surface area contributed by atoms with E-state index in [1.807, 2.05) is 43.7 Å². The predicted octanol–water partition coefficient (Wildman–Crippen LogP) is 3.58. The lowest BCUT2D eigenvalue weighted by molar-refractivity contribution is 0.328. The smallest absolute Gasteiger partial charge is 0.132 e. The van der Waals surface area contributed by atoms with Crippen LogP contribution >= 0.6 is 15.9 Å². The minimum absolute atomic E-state index is 0.262. The molecule has 1 aromatic carbocycles. The van der Waals surface area contributed by atoms with Gasteiger partial charge in [-0.05, 0) is 36.8 Å². The van der Waals surface area contributed by atoms with Crippen molar-refractivity contribution in [3.8, 4) is 0 Å². The maximum Gasteiger partial charge on any atom is 0.132 e. The van der Waals surface area contributed by atoms with E-state index in [2.05, 4.69) is 63.2 Å². The molecule has 0 N–H and O–H groups in total. The molecule has 3 nitrogen and oxygen atoms in total. The van der Waals surface area contributed by atoms with Crippen LogP contribution in [0.15, 0.2) is 53.8 Å². The van der Waals surface area contributed by atoms with Crippen LogP contribution in [-0.4, -0.2) is 29.8 Å². The number of allylic oxidation sites excluding steroid dienone is 2. The second-order valence-electron chi connectivity index (χ2n) is 4.80. The van der Waals surface area contributed by atoms with E-state index in [0.29, 0.717) is 0 Å². The van der Waals surface area contributed by atoms with Crippen LogP contribution in [0.1, 0.15) is 12.5 Å². The van der Waals surface area contributed by atoms with E-state index in [-0.39, 0.29) is 4.45 Å². The van der Waals surface area contributed by atoms with Gasteiger partial charge in [-0.2, -0.15) is 5.10 Å². The lowest BCUT2D eigenvalue weighted by Gasteiger charge is -2.30. The van der Waals surface area contributed by atoms with E-state index in [1.165, 1.54) is 5.69 Å². The van der Waals surface area contributed by atoms with Gasteiger partial charge in [0.25, 0.3) is 0 Å². The molecular formula is C15H18BrN3. The number of hydrazone groups is 1. The number of alkyl halides is 1. The van der Waals surface area contributed by atoms with Crippen LogP contribution in [0.5, 0.6) is 0 Å². The molecule has 0 radical (unpaired) electrons. The molecule has 0 aliphatic carbocycles. The van der Waals surface area contributed by atoms with Crippen molar-refractivity contribution in [1.82, 2.24) is 5.01 Å². The molecule has 1 aromatic rings. The number of hydrogen-bond donors (Lipinski definition) is 0. The summed E-state index contributed by atoms with van der Waals surface area (Å²) in [6, 6.07) is 8.29. The highest BCUT2D eigenvalue weighted by molar-refractivity contribution is 9.10. The van der Waals surface area contributed by atoms with Crippen molar-refractivity contribution in [2.24, 2.45) is 5.10 Å². The quantitative estimate of drug-likeness (QED) is 0.481. The molecule has 1 heterocycles. The Morgan fingerprint density at radius 2 is 1.89 bits per heavy atom. The van der Waals surface area contributed by atoms with E-state index >= 15 is 0 Å². The van der Waals surface area contributed by atoms with Gasteiger partial charge < -0.3 is 4.90 Å². The highest BCUT2D eigenvalue weighted by Crippen LogP contribution is 2.27. The van der Waals surface area contributed by atoms with Gasteiger partial charge in [-0.1, -0.05) is 34.1 Å². The largest absolute Gasteiger partial charge is 0.378 e. The molecule has 0 bridgehead atoms. The molecule has 0 saturated heterocycles. The van der Waals surface area contributed by atoms with E-state index in [4.69, 9.17) is 0 Å². The summed E-state index contributed by atoms with van der Waals surface area (Å²) in [6.45, 7) is 2.06. The van der Waals surface area contributed by atoms with Gasteiger partial charge in [0, 0.05) is 26.0 Å². The Labute approximate surface area is 123 Å². The predicted molar refractivity (Wildman–Crippen MR) is 85.8 cm³/mol. The van der Waals surface area contributed by atoms with Crippen molar-refractivity contribution < 1.29 is 0 Å². The van der Waals surface area contributed by atoms with Gasteiger partial charge in [0.1, 0.15) is 4.45 Å². The van der Waals surface area contributed by atoms with Gasteiger partial charge in [0.15, 0.2) is 0 Å². The molecule has 0 saturated carbocycles. The van der Waals surface area contributed by atoms with Gasteiger partial charge in [-0.25, -0.2) is 0 Å². The van der Waals surface area contributed by atoms with Crippen molar-refractivity contribution in [2.75, 3.05) is 19.0 Å². The van der Waals surface area contributed by atoms with E-state index in [1.54, 1.807) is 0 Å². The summed E-state index contributed by atoms with van der Waals surface area (Å²) >= 11 is 3.63. The van der Waals surface area contributed by atoms with Gasteiger partial charge in [-0.15, -0.1) is 0 Å². The van der Waals surface area contributed by atoms with Crippen molar-refractivity contribution in [1.29, 1.82) is 0 Å². The van der Waals surface area contributed by atoms with Crippen LogP contribution in [0.4, 0.5) is 5.69 Å². The molecule has 2 rings (SSSR count). The SMILES string of the molecule is CN(C)c1ccc(C=NN2C=CC=CC2(C)Br)cc1. The van der Waals surface area contributed by atoms with Crippen molar-refractivity contribution >= 4 is 27.8 Å². The highest BCUT2D eigenvalue weighted by atomic mass is 79.9. The van der Waals surface area contributed by atoms with Gasteiger partial charge >= 0.3 is 0 Å². The molecule has 4 heteroatoms. The number of benzene rings is 1. The zero-order valence-electron chi connectivity index (χ0n) is 11.4.